The highest BCUT2D eigenvalue weighted by molar-refractivity contribution is 8.35. The molecular formula is C42H71NO12S. The third-order valence-corrected chi connectivity index (χ3v) is 10.8. The Bertz CT molecular complexity index is 1490. The van der Waals surface area contributed by atoms with Crippen LogP contribution in [0, 0.1) is 11.2 Å². The van der Waals surface area contributed by atoms with Gasteiger partial charge in [-0.15, -0.1) is 0 Å². The first-order valence-electron chi connectivity index (χ1n) is 19.3. The Morgan fingerprint density at radius 3 is 1.98 bits per heavy atom. The van der Waals surface area contributed by atoms with Gasteiger partial charge >= 0.3 is 5.97 Å². The van der Waals surface area contributed by atoms with E-state index in [1.165, 1.54) is 7.11 Å². The Kier molecular flexibility index (Phi) is 16.4. The second-order valence-corrected chi connectivity index (χ2v) is 22.5. The maximum absolute atomic E-state index is 13.7. The summed E-state index contributed by atoms with van der Waals surface area (Å²) in [5.74, 6) is 2.45. The van der Waals surface area contributed by atoms with Crippen LogP contribution in [0.5, 0.6) is 0 Å². The fraction of sp³-hybridized carbons (Fsp3) is 0.786. The number of rotatable bonds is 15. The molecule has 14 heteroatoms. The van der Waals surface area contributed by atoms with Gasteiger partial charge in [-0.2, -0.15) is 10.0 Å². The topological polar surface area (TPSA) is 166 Å². The lowest BCUT2D eigenvalue weighted by atomic mass is 9.85. The Balaban J connectivity index is 1.78. The van der Waals surface area contributed by atoms with E-state index in [4.69, 9.17) is 33.2 Å². The van der Waals surface area contributed by atoms with Crippen molar-refractivity contribution < 1.29 is 58.4 Å². The lowest BCUT2D eigenvalue weighted by molar-refractivity contribution is -0.292. The van der Waals surface area contributed by atoms with E-state index in [1.54, 1.807) is 41.5 Å². The van der Waals surface area contributed by atoms with E-state index in [0.29, 0.717) is 6.42 Å². The van der Waals surface area contributed by atoms with Crippen LogP contribution in [0.3, 0.4) is 0 Å². The first kappa shape index (κ1) is 48.4. The standard InChI is InChI=1S/C42H71NO12S/c1-39(2,3)54-33-28(20-17-23-56(13,14)15)52-37(31(46)29(33)44)42(8,9)51-22-21-40(4,5)55-34-30(45)32(47)36(41(6,7)49-12)53-35(34)38(48)50-25-26-18-16-19-27(24-26)43(10)11/h16,18-19,24,28-37,44-47H,20-22,25H2,1-15H3/t28?,29?,30?,31?,32?,33-,34+,35?,36?,37?/m1/s1. The summed E-state index contributed by atoms with van der Waals surface area (Å²) in [6.07, 6.45) is -4.92. The lowest BCUT2D eigenvalue weighted by Crippen LogP contribution is -2.66. The van der Waals surface area contributed by atoms with Crippen LogP contribution in [0.4, 0.5) is 5.69 Å². The van der Waals surface area contributed by atoms with Crippen molar-refractivity contribution in [3.8, 4) is 11.2 Å². The highest BCUT2D eigenvalue weighted by Crippen LogP contribution is 2.38. The minimum Gasteiger partial charge on any atom is -0.459 e. The third kappa shape index (κ3) is 13.3. The van der Waals surface area contributed by atoms with Gasteiger partial charge in [0.05, 0.1) is 35.1 Å². The molecule has 0 radical (unpaired) electrons. The SMILES string of the molecule is COC(C)(C)C1OC(C(=O)OCc2cccc(N(C)C)c2)[C@@H](OC(C)(C)CCOC(C)(C)C2OC(CC#CS(C)(C)C)[C@@H](OC(C)(C)C)C(O)C2O)C(O)C1O. The number of aliphatic hydroxyl groups is 4. The van der Waals surface area contributed by atoms with Gasteiger partial charge in [-0.3, -0.25) is 0 Å². The number of carbonyl (C=O) groups excluding carboxylic acids is 1. The van der Waals surface area contributed by atoms with E-state index in [9.17, 15) is 25.2 Å². The van der Waals surface area contributed by atoms with E-state index < -0.39 is 99.4 Å². The van der Waals surface area contributed by atoms with Crippen LogP contribution in [-0.4, -0.2) is 156 Å². The molecule has 2 aliphatic rings. The average molecular weight is 814 g/mol. The molecule has 0 bridgehead atoms. The largest absolute Gasteiger partial charge is 0.459 e. The molecule has 4 N–H and O–H groups in total. The Labute approximate surface area is 337 Å². The molecule has 322 valence electrons. The van der Waals surface area contributed by atoms with Gasteiger partial charge in [-0.25, -0.2) is 4.79 Å². The number of ether oxygens (including phenoxy) is 7. The van der Waals surface area contributed by atoms with Crippen LogP contribution >= 0.6 is 10.0 Å². The normalized spacial score (nSPS) is 29.6. The van der Waals surface area contributed by atoms with Crippen molar-refractivity contribution in [1.29, 1.82) is 0 Å². The monoisotopic (exact) mass is 813 g/mol. The molecule has 8 unspecified atom stereocenters. The molecule has 3 rings (SSSR count). The van der Waals surface area contributed by atoms with E-state index in [0.717, 1.165) is 11.3 Å². The number of anilines is 1. The van der Waals surface area contributed by atoms with E-state index >= 15 is 0 Å². The highest BCUT2D eigenvalue weighted by Gasteiger charge is 2.55. The predicted molar refractivity (Wildman–Crippen MR) is 219 cm³/mol. The van der Waals surface area contributed by atoms with Crippen molar-refractivity contribution in [3.05, 3.63) is 29.8 Å². The fourth-order valence-corrected chi connectivity index (χ4v) is 7.22. The summed E-state index contributed by atoms with van der Waals surface area (Å²) in [5, 5.41) is 48.8. The summed E-state index contributed by atoms with van der Waals surface area (Å²) in [5.41, 5.74) is -2.11. The van der Waals surface area contributed by atoms with E-state index in [2.05, 4.69) is 29.9 Å². The quantitative estimate of drug-likeness (QED) is 0.150. The van der Waals surface area contributed by atoms with Gasteiger partial charge in [-0.05, 0) is 105 Å². The maximum Gasteiger partial charge on any atom is 0.338 e. The van der Waals surface area contributed by atoms with Gasteiger partial charge in [-0.1, -0.05) is 23.3 Å². The van der Waals surface area contributed by atoms with Crippen molar-refractivity contribution in [3.63, 3.8) is 0 Å². The summed E-state index contributed by atoms with van der Waals surface area (Å²) in [6, 6.07) is 7.55. The molecule has 0 amide bonds. The summed E-state index contributed by atoms with van der Waals surface area (Å²) < 4.78 is 42.9. The first-order chi connectivity index (χ1) is 25.6. The van der Waals surface area contributed by atoms with Crippen LogP contribution in [-0.2, 0) is 44.6 Å². The molecule has 2 saturated heterocycles. The van der Waals surface area contributed by atoms with E-state index in [-0.39, 0.29) is 19.6 Å². The second-order valence-electron chi connectivity index (χ2n) is 18.6. The highest BCUT2D eigenvalue weighted by atomic mass is 32.3. The first-order valence-corrected chi connectivity index (χ1v) is 22.1. The van der Waals surface area contributed by atoms with Crippen LogP contribution in [0.1, 0.15) is 80.7 Å². The van der Waals surface area contributed by atoms with Crippen molar-refractivity contribution in [2.24, 2.45) is 0 Å². The van der Waals surface area contributed by atoms with Gasteiger partial charge in [0.15, 0.2) is 6.10 Å². The molecule has 1 aromatic carbocycles. The Morgan fingerprint density at radius 2 is 1.43 bits per heavy atom. The van der Waals surface area contributed by atoms with Crippen molar-refractivity contribution in [2.75, 3.05) is 51.5 Å². The number of aliphatic hydroxyl groups excluding tert-OH is 4. The number of hydrogen-bond donors (Lipinski definition) is 4. The molecule has 1 aromatic rings. The zero-order valence-electron chi connectivity index (χ0n) is 36.3. The zero-order chi connectivity index (χ0) is 42.6. The minimum atomic E-state index is -1.54. The van der Waals surface area contributed by atoms with Gasteiger partial charge in [0.1, 0.15) is 55.4 Å². The molecule has 2 heterocycles. The molecule has 10 atom stereocenters. The van der Waals surface area contributed by atoms with Gasteiger partial charge in [0.2, 0.25) is 0 Å². The number of hydrogen-bond acceptors (Lipinski definition) is 13. The average Bonchev–Trinajstić information content (AvgIpc) is 3.07. The van der Waals surface area contributed by atoms with Crippen LogP contribution in [0.25, 0.3) is 0 Å². The number of esters is 1. The summed E-state index contributed by atoms with van der Waals surface area (Å²) in [4.78, 5) is 15.7. The van der Waals surface area contributed by atoms with Gasteiger partial charge in [0.25, 0.3) is 0 Å². The molecule has 0 aliphatic carbocycles. The Hall–Kier alpha value is -2.00. The summed E-state index contributed by atoms with van der Waals surface area (Å²) in [7, 11) is 4.19. The smallest absolute Gasteiger partial charge is 0.338 e. The Morgan fingerprint density at radius 1 is 0.839 bits per heavy atom. The van der Waals surface area contributed by atoms with Crippen LogP contribution in [0.15, 0.2) is 24.3 Å². The van der Waals surface area contributed by atoms with Gasteiger partial charge in [0, 0.05) is 33.3 Å². The fourth-order valence-electron chi connectivity index (χ4n) is 6.70. The molecule has 0 spiro atoms. The lowest BCUT2D eigenvalue weighted by Gasteiger charge is -2.49. The van der Waals surface area contributed by atoms with E-state index in [1.807, 2.05) is 64.0 Å². The van der Waals surface area contributed by atoms with Crippen molar-refractivity contribution >= 4 is 21.7 Å². The number of methoxy groups -OCH3 is 1. The number of benzene rings is 1. The number of nitrogens with zero attached hydrogens (tertiary/aromatic N) is 1. The molecule has 0 aromatic heterocycles. The second kappa shape index (κ2) is 18.9. The summed E-state index contributed by atoms with van der Waals surface area (Å²) >= 11 is 0. The van der Waals surface area contributed by atoms with Crippen molar-refractivity contribution in [1.82, 2.24) is 0 Å². The molecule has 13 nitrogen and oxygen atoms in total. The molecule has 56 heavy (non-hydrogen) atoms. The van der Waals surface area contributed by atoms with Crippen LogP contribution < -0.4 is 4.90 Å². The molecular weight excluding hydrogens is 743 g/mol. The van der Waals surface area contributed by atoms with Crippen LogP contribution in [0.2, 0.25) is 0 Å². The zero-order valence-corrected chi connectivity index (χ0v) is 37.1. The molecule has 2 aliphatic heterocycles. The maximum atomic E-state index is 13.7. The summed E-state index contributed by atoms with van der Waals surface area (Å²) in [6.45, 7) is 16.2. The number of carbonyl (C=O) groups is 1. The predicted octanol–water partition coefficient (Wildman–Crippen LogP) is 3.78. The molecule has 0 saturated carbocycles. The van der Waals surface area contributed by atoms with Crippen molar-refractivity contribution in [2.45, 2.75) is 165 Å². The third-order valence-electron chi connectivity index (χ3n) is 10.0. The van der Waals surface area contributed by atoms with Gasteiger partial charge < -0.3 is 58.5 Å². The molecule has 2 fully saturated rings. The minimum absolute atomic E-state index is 0.0473.